The summed E-state index contributed by atoms with van der Waals surface area (Å²) in [6.07, 6.45) is 0.273. The number of hydrogen-bond donors (Lipinski definition) is 2. The summed E-state index contributed by atoms with van der Waals surface area (Å²) >= 11 is 0. The number of nitrogens with one attached hydrogen (secondary N) is 1. The van der Waals surface area contributed by atoms with Crippen molar-refractivity contribution in [2.75, 3.05) is 6.54 Å². The van der Waals surface area contributed by atoms with E-state index in [0.29, 0.717) is 13.0 Å². The number of nitrogens with two attached hydrogens (primary N) is 1. The lowest BCUT2D eigenvalue weighted by Gasteiger charge is -2.23. The third-order valence-electron chi connectivity index (χ3n) is 3.31. The zero-order chi connectivity index (χ0) is 17.0. The Labute approximate surface area is 134 Å². The molecule has 0 saturated carbocycles. The van der Waals surface area contributed by atoms with E-state index in [2.05, 4.69) is 50.4 Å². The predicted molar refractivity (Wildman–Crippen MR) is 91.1 cm³/mol. The molecule has 1 rings (SSSR count). The summed E-state index contributed by atoms with van der Waals surface area (Å²) in [6.45, 7) is 12.5. The fourth-order valence-electron chi connectivity index (χ4n) is 2.09. The van der Waals surface area contributed by atoms with E-state index >= 15 is 0 Å². The summed E-state index contributed by atoms with van der Waals surface area (Å²) in [5.41, 5.74) is 7.84. The Hall–Kier alpha value is -1.55. The highest BCUT2D eigenvalue weighted by Gasteiger charge is 2.19. The van der Waals surface area contributed by atoms with Gasteiger partial charge in [-0.05, 0) is 43.7 Å². The molecule has 0 fully saturated rings. The van der Waals surface area contributed by atoms with Gasteiger partial charge in [-0.2, -0.15) is 0 Å². The molecule has 0 radical (unpaired) electrons. The molecule has 3 N–H and O–H groups in total. The van der Waals surface area contributed by atoms with Crippen LogP contribution < -0.4 is 11.1 Å². The number of benzene rings is 1. The zero-order valence-electron chi connectivity index (χ0n) is 14.7. The Morgan fingerprint density at radius 2 is 1.68 bits per heavy atom. The van der Waals surface area contributed by atoms with Crippen LogP contribution in [0.2, 0.25) is 0 Å². The van der Waals surface area contributed by atoms with E-state index in [0.717, 1.165) is 5.56 Å². The number of amides is 1. The van der Waals surface area contributed by atoms with Crippen LogP contribution in [0.15, 0.2) is 24.3 Å². The van der Waals surface area contributed by atoms with Crippen molar-refractivity contribution in [2.45, 2.75) is 65.0 Å². The quantitative estimate of drug-likeness (QED) is 0.896. The molecular weight excluding hydrogens is 276 g/mol. The summed E-state index contributed by atoms with van der Waals surface area (Å²) in [4.78, 5) is 11.8. The van der Waals surface area contributed by atoms with E-state index in [-0.39, 0.29) is 11.5 Å². The summed E-state index contributed by atoms with van der Waals surface area (Å²) in [7, 11) is 0. The van der Waals surface area contributed by atoms with Crippen LogP contribution in [0.1, 0.15) is 52.7 Å². The number of carbonyl (C=O) groups is 1. The van der Waals surface area contributed by atoms with Crippen molar-refractivity contribution in [3.05, 3.63) is 35.4 Å². The Morgan fingerprint density at radius 3 is 2.09 bits per heavy atom. The van der Waals surface area contributed by atoms with Crippen molar-refractivity contribution in [2.24, 2.45) is 5.73 Å². The number of ether oxygens (including phenoxy) is 1. The Morgan fingerprint density at radius 1 is 1.14 bits per heavy atom. The first-order chi connectivity index (χ1) is 10.0. The second kappa shape index (κ2) is 7.14. The van der Waals surface area contributed by atoms with Crippen LogP contribution in [-0.2, 0) is 16.6 Å². The van der Waals surface area contributed by atoms with Crippen molar-refractivity contribution >= 4 is 6.09 Å². The zero-order valence-corrected chi connectivity index (χ0v) is 14.7. The summed E-state index contributed by atoms with van der Waals surface area (Å²) in [5.74, 6) is 0. The average Bonchev–Trinajstić information content (AvgIpc) is 2.35. The van der Waals surface area contributed by atoms with E-state index in [9.17, 15) is 4.79 Å². The number of carbonyl (C=O) groups excluding carboxylic acids is 1. The summed E-state index contributed by atoms with van der Waals surface area (Å²) < 4.78 is 5.27. The molecule has 22 heavy (non-hydrogen) atoms. The molecule has 4 nitrogen and oxygen atoms in total. The first-order valence-corrected chi connectivity index (χ1v) is 7.80. The van der Waals surface area contributed by atoms with Gasteiger partial charge < -0.3 is 15.8 Å². The molecule has 0 heterocycles. The molecule has 0 spiro atoms. The normalized spacial score (nSPS) is 13.6. The average molecular weight is 306 g/mol. The second-order valence-electron chi connectivity index (χ2n) is 7.73. The van der Waals surface area contributed by atoms with Crippen LogP contribution in [0.25, 0.3) is 0 Å². The maximum Gasteiger partial charge on any atom is 0.407 e. The fraction of sp³-hybridized carbons (Fsp3) is 0.611. The molecule has 124 valence electrons. The standard InChI is InChI=1S/C18H30N2O2/c1-17(2,3)14-9-7-13(8-10-14)11-15(12-19)20-16(21)22-18(4,5)6/h7-10,15H,11-12,19H2,1-6H3,(H,20,21). The lowest BCUT2D eigenvalue weighted by molar-refractivity contribution is 0.0506. The first-order valence-electron chi connectivity index (χ1n) is 7.80. The smallest absolute Gasteiger partial charge is 0.407 e. The molecule has 0 aliphatic heterocycles. The van der Waals surface area contributed by atoms with Crippen LogP contribution in [0, 0.1) is 0 Å². The topological polar surface area (TPSA) is 64.3 Å². The first kappa shape index (κ1) is 18.5. The van der Waals surface area contributed by atoms with Crippen LogP contribution in [-0.4, -0.2) is 24.3 Å². The highest BCUT2D eigenvalue weighted by Crippen LogP contribution is 2.22. The molecule has 0 aliphatic carbocycles. The van der Waals surface area contributed by atoms with Gasteiger partial charge in [-0.15, -0.1) is 0 Å². The van der Waals surface area contributed by atoms with E-state index in [1.807, 2.05) is 20.8 Å². The molecule has 0 bridgehead atoms. The van der Waals surface area contributed by atoms with E-state index in [1.165, 1.54) is 5.56 Å². The van der Waals surface area contributed by atoms with Crippen molar-refractivity contribution in [1.82, 2.24) is 5.32 Å². The third-order valence-corrected chi connectivity index (χ3v) is 3.31. The Kier molecular flexibility index (Phi) is 6.00. The molecule has 0 aliphatic rings. The Balaban J connectivity index is 2.65. The van der Waals surface area contributed by atoms with Crippen molar-refractivity contribution < 1.29 is 9.53 Å². The predicted octanol–water partition coefficient (Wildman–Crippen LogP) is 3.38. The molecular formula is C18H30N2O2. The van der Waals surface area contributed by atoms with Gasteiger partial charge in [0.2, 0.25) is 0 Å². The third kappa shape index (κ3) is 6.48. The van der Waals surface area contributed by atoms with Crippen LogP contribution in [0.3, 0.4) is 0 Å². The second-order valence-corrected chi connectivity index (χ2v) is 7.73. The van der Waals surface area contributed by atoms with Gasteiger partial charge in [0.05, 0.1) is 0 Å². The van der Waals surface area contributed by atoms with Crippen LogP contribution >= 0.6 is 0 Å². The maximum atomic E-state index is 11.8. The minimum absolute atomic E-state index is 0.129. The van der Waals surface area contributed by atoms with Crippen molar-refractivity contribution in [3.63, 3.8) is 0 Å². The van der Waals surface area contributed by atoms with Gasteiger partial charge in [0.15, 0.2) is 0 Å². The Bertz CT molecular complexity index is 481. The fourth-order valence-corrected chi connectivity index (χ4v) is 2.09. The van der Waals surface area contributed by atoms with E-state index in [4.69, 9.17) is 10.5 Å². The summed E-state index contributed by atoms with van der Waals surface area (Å²) in [5, 5.41) is 2.83. The van der Waals surface area contributed by atoms with Gasteiger partial charge >= 0.3 is 6.09 Å². The van der Waals surface area contributed by atoms with Crippen LogP contribution in [0.5, 0.6) is 0 Å². The molecule has 1 atom stereocenters. The molecule has 0 aromatic heterocycles. The maximum absolute atomic E-state index is 11.8. The van der Waals surface area contributed by atoms with Gasteiger partial charge in [0.1, 0.15) is 5.60 Å². The van der Waals surface area contributed by atoms with Gasteiger partial charge in [-0.1, -0.05) is 45.0 Å². The van der Waals surface area contributed by atoms with E-state index in [1.54, 1.807) is 0 Å². The molecule has 1 aromatic carbocycles. The highest BCUT2D eigenvalue weighted by molar-refractivity contribution is 5.68. The van der Waals surface area contributed by atoms with Gasteiger partial charge in [-0.25, -0.2) is 4.79 Å². The molecule has 1 amide bonds. The molecule has 1 unspecified atom stereocenters. The molecule has 0 saturated heterocycles. The van der Waals surface area contributed by atoms with Crippen molar-refractivity contribution in [3.8, 4) is 0 Å². The summed E-state index contributed by atoms with van der Waals surface area (Å²) in [6, 6.07) is 8.34. The molecule has 1 aromatic rings. The largest absolute Gasteiger partial charge is 0.444 e. The van der Waals surface area contributed by atoms with E-state index < -0.39 is 11.7 Å². The minimum Gasteiger partial charge on any atom is -0.444 e. The molecule has 4 heteroatoms. The van der Waals surface area contributed by atoms with Gasteiger partial charge in [0.25, 0.3) is 0 Å². The van der Waals surface area contributed by atoms with Crippen LogP contribution in [0.4, 0.5) is 4.79 Å². The van der Waals surface area contributed by atoms with Gasteiger partial charge in [0, 0.05) is 12.6 Å². The van der Waals surface area contributed by atoms with Gasteiger partial charge in [-0.3, -0.25) is 0 Å². The minimum atomic E-state index is -0.502. The number of rotatable bonds is 4. The number of hydrogen-bond acceptors (Lipinski definition) is 3. The lowest BCUT2D eigenvalue weighted by Crippen LogP contribution is -2.44. The monoisotopic (exact) mass is 306 g/mol. The highest BCUT2D eigenvalue weighted by atomic mass is 16.6. The van der Waals surface area contributed by atoms with Crippen molar-refractivity contribution in [1.29, 1.82) is 0 Å². The SMILES string of the molecule is CC(C)(C)OC(=O)NC(CN)Cc1ccc(C(C)(C)C)cc1. The lowest BCUT2D eigenvalue weighted by atomic mass is 9.86. The number of alkyl carbamates (subject to hydrolysis) is 1.